The van der Waals surface area contributed by atoms with Gasteiger partial charge in [-0.05, 0) is 185 Å². The van der Waals surface area contributed by atoms with E-state index in [9.17, 15) is 0 Å². The van der Waals surface area contributed by atoms with Crippen molar-refractivity contribution < 1.29 is 0 Å². The van der Waals surface area contributed by atoms with Crippen LogP contribution in [0.15, 0.2) is 309 Å². The highest BCUT2D eigenvalue weighted by Gasteiger charge is 2.24. The van der Waals surface area contributed by atoms with Crippen molar-refractivity contribution in [3.63, 3.8) is 0 Å². The molecule has 15 aromatic carbocycles. The van der Waals surface area contributed by atoms with Gasteiger partial charge in [-0.3, -0.25) is 0 Å². The van der Waals surface area contributed by atoms with Gasteiger partial charge in [0, 0.05) is 54.3 Å². The highest BCUT2D eigenvalue weighted by Crippen LogP contribution is 2.49. The Morgan fingerprint density at radius 3 is 0.866 bits per heavy atom. The lowest BCUT2D eigenvalue weighted by atomic mass is 9.94. The molecule has 0 spiro atoms. The molecule has 0 atom stereocenters. The molecule has 0 saturated carbocycles. The summed E-state index contributed by atoms with van der Waals surface area (Å²) in [5.74, 6) is 0. The van der Waals surface area contributed by atoms with Gasteiger partial charge in [-0.2, -0.15) is 0 Å². The van der Waals surface area contributed by atoms with Gasteiger partial charge < -0.3 is 14.7 Å². The van der Waals surface area contributed by atoms with Gasteiger partial charge in [-0.25, -0.2) is 0 Å². The summed E-state index contributed by atoms with van der Waals surface area (Å²) in [7, 11) is 0. The summed E-state index contributed by atoms with van der Waals surface area (Å²) in [5.41, 5.74) is 11.7. The summed E-state index contributed by atoms with van der Waals surface area (Å²) in [6.45, 7) is 0. The van der Waals surface area contributed by atoms with Crippen LogP contribution in [0.2, 0.25) is 0 Å². The Morgan fingerprint density at radius 1 is 0.159 bits per heavy atom. The van der Waals surface area contributed by atoms with Crippen molar-refractivity contribution in [2.45, 2.75) is 0 Å². The molecule has 4 heteroatoms. The topological polar surface area (TPSA) is 9.72 Å². The second-order valence-corrected chi connectivity index (χ2v) is 22.3. The van der Waals surface area contributed by atoms with Gasteiger partial charge in [0.1, 0.15) is 0 Å². The number of thiophene rings is 1. The molecule has 16 rings (SSSR count). The average molecular weight is 1060 g/mol. The van der Waals surface area contributed by atoms with Gasteiger partial charge in [0.2, 0.25) is 0 Å². The minimum absolute atomic E-state index is 1.01. The molecule has 0 aliphatic heterocycles. The predicted octanol–water partition coefficient (Wildman–Crippen LogP) is 23.1. The minimum Gasteiger partial charge on any atom is -0.310 e. The smallest absolute Gasteiger partial charge is 0.0503 e. The number of hydrogen-bond donors (Lipinski definition) is 0. The van der Waals surface area contributed by atoms with E-state index in [0.29, 0.717) is 0 Å². The zero-order valence-corrected chi connectivity index (χ0v) is 45.5. The first-order valence-corrected chi connectivity index (χ1v) is 28.9. The van der Waals surface area contributed by atoms with Crippen LogP contribution in [-0.4, -0.2) is 0 Å². The van der Waals surface area contributed by atoms with E-state index in [0.717, 1.165) is 51.2 Å². The number of benzene rings is 15. The van der Waals surface area contributed by atoms with Crippen molar-refractivity contribution in [3.8, 4) is 11.1 Å². The van der Waals surface area contributed by atoms with Crippen molar-refractivity contribution in [1.82, 2.24) is 0 Å². The number of rotatable bonds is 10. The molecule has 0 fully saturated rings. The summed E-state index contributed by atoms with van der Waals surface area (Å²) in [5, 5.41) is 17.5. The molecule has 0 amide bonds. The van der Waals surface area contributed by atoms with E-state index < -0.39 is 0 Å². The lowest BCUT2D eigenvalue weighted by molar-refractivity contribution is 1.22. The van der Waals surface area contributed by atoms with Crippen LogP contribution in [0.25, 0.3) is 95.9 Å². The van der Waals surface area contributed by atoms with Crippen LogP contribution in [0.3, 0.4) is 0 Å². The van der Waals surface area contributed by atoms with Gasteiger partial charge >= 0.3 is 0 Å². The maximum absolute atomic E-state index is 2.44. The summed E-state index contributed by atoms with van der Waals surface area (Å²) < 4.78 is 2.62. The van der Waals surface area contributed by atoms with Crippen LogP contribution < -0.4 is 14.7 Å². The van der Waals surface area contributed by atoms with E-state index in [1.54, 1.807) is 0 Å². The standard InChI is InChI=1S/C78H51N3S/c1-4-20-54(21-5-1)79(57-39-36-52(37-40-57)53-38-45-78-76(46-53)73-34-18-19-35-77(73)82-78)60-47-61(80(55-22-6-2-7-23-55)58-41-43-71-67-30-12-10-26-63(67)65-28-14-16-32-69(65)74(71)50-58)49-62(48-60)81(56-24-8-3-9-25-56)59-42-44-72-68-31-13-11-27-64(68)66-29-15-17-33-70(66)75(72)51-59/h1-51H. The van der Waals surface area contributed by atoms with E-state index in [4.69, 9.17) is 0 Å². The molecule has 0 aliphatic rings. The predicted molar refractivity (Wildman–Crippen MR) is 354 cm³/mol. The Hall–Kier alpha value is -10.5. The van der Waals surface area contributed by atoms with Gasteiger partial charge in [-0.1, -0.05) is 200 Å². The Balaban J connectivity index is 0.946. The molecule has 16 aromatic rings. The van der Waals surface area contributed by atoms with Crippen LogP contribution in [0.4, 0.5) is 51.2 Å². The normalized spacial score (nSPS) is 11.7. The first kappa shape index (κ1) is 47.5. The molecule has 3 nitrogen and oxygen atoms in total. The van der Waals surface area contributed by atoms with E-state index in [1.165, 1.54) is 95.9 Å². The van der Waals surface area contributed by atoms with Crippen LogP contribution in [0.1, 0.15) is 0 Å². The Bertz CT molecular complexity index is 4820. The SMILES string of the molecule is c1ccc(N(c2ccc(-c3ccc4sc5ccccc5c4c3)cc2)c2cc(N(c3ccccc3)c3ccc4c5ccccc5c5ccccc5c4c3)cc(N(c3ccccc3)c3ccc4c5ccccc5c5ccccc5c4c3)c2)cc1. The summed E-state index contributed by atoms with van der Waals surface area (Å²) in [6.07, 6.45) is 0. The Morgan fingerprint density at radius 2 is 0.451 bits per heavy atom. The van der Waals surface area contributed by atoms with Crippen molar-refractivity contribution in [3.05, 3.63) is 309 Å². The van der Waals surface area contributed by atoms with Crippen LogP contribution in [-0.2, 0) is 0 Å². The maximum Gasteiger partial charge on any atom is 0.0503 e. The molecule has 0 N–H and O–H groups in total. The lowest BCUT2D eigenvalue weighted by Gasteiger charge is -2.33. The Kier molecular flexibility index (Phi) is 11.4. The highest BCUT2D eigenvalue weighted by atomic mass is 32.1. The van der Waals surface area contributed by atoms with Gasteiger partial charge in [0.15, 0.2) is 0 Å². The van der Waals surface area contributed by atoms with Crippen LogP contribution in [0, 0.1) is 0 Å². The average Bonchev–Trinajstić information content (AvgIpc) is 4.04. The second kappa shape index (κ2) is 19.7. The molecule has 0 saturated heterocycles. The number of anilines is 9. The van der Waals surface area contributed by atoms with E-state index >= 15 is 0 Å². The molecule has 0 bridgehead atoms. The molecule has 82 heavy (non-hydrogen) atoms. The number of hydrogen-bond acceptors (Lipinski definition) is 4. The fourth-order valence-electron chi connectivity index (χ4n) is 12.8. The summed E-state index contributed by atoms with van der Waals surface area (Å²) >= 11 is 1.86. The van der Waals surface area contributed by atoms with E-state index in [-0.39, 0.29) is 0 Å². The molecule has 0 radical (unpaired) electrons. The zero-order valence-electron chi connectivity index (χ0n) is 44.7. The molecule has 1 heterocycles. The first-order valence-electron chi connectivity index (χ1n) is 28.1. The van der Waals surface area contributed by atoms with Crippen molar-refractivity contribution >= 4 is 147 Å². The zero-order chi connectivity index (χ0) is 54.1. The molecular weight excluding hydrogens is 1010 g/mol. The fraction of sp³-hybridized carbons (Fsp3) is 0. The first-order chi connectivity index (χ1) is 40.7. The van der Waals surface area contributed by atoms with Crippen LogP contribution in [0.5, 0.6) is 0 Å². The largest absolute Gasteiger partial charge is 0.310 e. The van der Waals surface area contributed by atoms with E-state index in [1.807, 2.05) is 11.3 Å². The number of para-hydroxylation sites is 3. The van der Waals surface area contributed by atoms with E-state index in [2.05, 4.69) is 324 Å². The monoisotopic (exact) mass is 1060 g/mol. The number of nitrogens with zero attached hydrogens (tertiary/aromatic N) is 3. The van der Waals surface area contributed by atoms with Gasteiger partial charge in [0.05, 0.1) is 17.1 Å². The molecular formula is C78H51N3S. The van der Waals surface area contributed by atoms with Gasteiger partial charge in [-0.15, -0.1) is 11.3 Å². The minimum atomic E-state index is 1.01. The Labute approximate surface area is 479 Å². The highest BCUT2D eigenvalue weighted by molar-refractivity contribution is 7.25. The molecule has 384 valence electrons. The maximum atomic E-state index is 2.44. The summed E-state index contributed by atoms with van der Waals surface area (Å²) in [4.78, 5) is 7.30. The van der Waals surface area contributed by atoms with Crippen molar-refractivity contribution in [2.75, 3.05) is 14.7 Å². The lowest BCUT2D eigenvalue weighted by Crippen LogP contribution is -2.16. The van der Waals surface area contributed by atoms with Gasteiger partial charge in [0.25, 0.3) is 0 Å². The van der Waals surface area contributed by atoms with Crippen molar-refractivity contribution in [2.24, 2.45) is 0 Å². The van der Waals surface area contributed by atoms with Crippen molar-refractivity contribution in [1.29, 1.82) is 0 Å². The molecule has 1 aromatic heterocycles. The quantitative estimate of drug-likeness (QED) is 0.126. The number of fused-ring (bicyclic) bond motifs is 15. The van der Waals surface area contributed by atoms with Crippen LogP contribution >= 0.6 is 11.3 Å². The third-order valence-electron chi connectivity index (χ3n) is 16.5. The molecule has 0 aliphatic carbocycles. The third-order valence-corrected chi connectivity index (χ3v) is 17.7. The second-order valence-electron chi connectivity index (χ2n) is 21.2. The summed E-state index contributed by atoms with van der Waals surface area (Å²) in [6, 6.07) is 114. The molecule has 0 unspecified atom stereocenters. The third kappa shape index (κ3) is 8.03. The fourth-order valence-corrected chi connectivity index (χ4v) is 13.9.